The second kappa shape index (κ2) is 11.5. The van der Waals surface area contributed by atoms with E-state index in [1.807, 2.05) is 58.9 Å². The molecule has 0 aliphatic rings. The summed E-state index contributed by atoms with van der Waals surface area (Å²) in [5, 5.41) is 17.9. The van der Waals surface area contributed by atoms with Crippen molar-refractivity contribution < 1.29 is 19.5 Å². The Morgan fingerprint density at radius 1 is 1.07 bits per heavy atom. The average Bonchev–Trinajstić information content (AvgIpc) is 2.66. The molecule has 2 amide bonds. The van der Waals surface area contributed by atoms with E-state index < -0.39 is 17.4 Å². The lowest BCUT2D eigenvalue weighted by molar-refractivity contribution is -0.134. The highest BCUT2D eigenvalue weighted by molar-refractivity contribution is 5.94. The number of amides is 2. The molecule has 0 aromatic heterocycles. The van der Waals surface area contributed by atoms with Gasteiger partial charge in [-0.15, -0.1) is 0 Å². The molecule has 0 unspecified atom stereocenters. The molecular weight excluding hydrogens is 382 g/mol. The molecule has 0 radical (unpaired) electrons. The Bertz CT molecular complexity index is 799. The first kappa shape index (κ1) is 25.4. The molecule has 1 aromatic carbocycles. The van der Waals surface area contributed by atoms with Crippen LogP contribution >= 0.6 is 0 Å². The van der Waals surface area contributed by atoms with Gasteiger partial charge in [-0.25, -0.2) is 4.79 Å². The molecule has 0 heterocycles. The molecule has 0 fully saturated rings. The molecule has 1 atom stereocenters. The molecule has 0 saturated heterocycles. The normalized spacial score (nSPS) is 13.3. The van der Waals surface area contributed by atoms with Crippen molar-refractivity contribution in [2.45, 2.75) is 71.8 Å². The maximum Gasteiger partial charge on any atom is 0.354 e. The highest BCUT2D eigenvalue weighted by atomic mass is 16.4. The van der Waals surface area contributed by atoms with Crippen molar-refractivity contribution in [2.75, 3.05) is 7.05 Å². The molecule has 0 bridgehead atoms. The van der Waals surface area contributed by atoms with Gasteiger partial charge in [0.25, 0.3) is 0 Å². The first-order valence-electron chi connectivity index (χ1n) is 10.4. The first-order chi connectivity index (χ1) is 14.1. The maximum absolute atomic E-state index is 13.2. The molecule has 0 spiro atoms. The second-order valence-corrected chi connectivity index (χ2v) is 8.01. The maximum atomic E-state index is 13.2. The van der Waals surface area contributed by atoms with Crippen LogP contribution in [0.1, 0.15) is 64.5 Å². The van der Waals surface area contributed by atoms with Crippen molar-refractivity contribution in [3.8, 4) is 0 Å². The van der Waals surface area contributed by atoms with E-state index in [2.05, 4.69) is 16.0 Å². The van der Waals surface area contributed by atoms with Crippen molar-refractivity contribution in [1.29, 1.82) is 0 Å². The van der Waals surface area contributed by atoms with Crippen molar-refractivity contribution in [3.63, 3.8) is 0 Å². The average molecular weight is 418 g/mol. The third kappa shape index (κ3) is 6.69. The van der Waals surface area contributed by atoms with Crippen LogP contribution in [0.5, 0.6) is 0 Å². The molecule has 0 aliphatic carbocycles. The number of benzene rings is 1. The monoisotopic (exact) mass is 417 g/mol. The van der Waals surface area contributed by atoms with Gasteiger partial charge in [-0.1, -0.05) is 63.9 Å². The van der Waals surface area contributed by atoms with Crippen molar-refractivity contribution in [3.05, 3.63) is 46.8 Å². The number of carbonyl (C=O) groups excluding carboxylic acids is 2. The van der Waals surface area contributed by atoms with Gasteiger partial charge in [0.15, 0.2) is 0 Å². The van der Waals surface area contributed by atoms with Gasteiger partial charge >= 0.3 is 5.97 Å². The Hall–Kier alpha value is -2.67. The van der Waals surface area contributed by atoms with Crippen molar-refractivity contribution in [1.82, 2.24) is 16.0 Å². The number of hydrogen-bond donors (Lipinski definition) is 4. The van der Waals surface area contributed by atoms with Crippen LogP contribution in [0, 0.1) is 6.92 Å². The van der Waals surface area contributed by atoms with E-state index in [9.17, 15) is 19.5 Å². The Balaban J connectivity index is 3.25. The molecule has 1 rings (SSSR count). The van der Waals surface area contributed by atoms with Gasteiger partial charge in [-0.2, -0.15) is 0 Å². The highest BCUT2D eigenvalue weighted by Gasteiger charge is 2.36. The zero-order chi connectivity index (χ0) is 22.9. The Morgan fingerprint density at radius 2 is 1.70 bits per heavy atom. The Kier molecular flexibility index (Phi) is 9.72. The number of rotatable bonds is 11. The quantitative estimate of drug-likeness (QED) is 0.414. The molecule has 1 aromatic rings. The summed E-state index contributed by atoms with van der Waals surface area (Å²) in [5.74, 6) is -2.01. The summed E-state index contributed by atoms with van der Waals surface area (Å²) in [6.45, 7) is 9.64. The Labute approximate surface area is 179 Å². The lowest BCUT2D eigenvalue weighted by atomic mass is 9.77. The predicted molar refractivity (Wildman–Crippen MR) is 118 cm³/mol. The summed E-state index contributed by atoms with van der Waals surface area (Å²) >= 11 is 0. The number of hydrogen-bond acceptors (Lipinski definition) is 4. The van der Waals surface area contributed by atoms with Gasteiger partial charge in [0.1, 0.15) is 5.70 Å². The minimum atomic E-state index is -1.28. The highest BCUT2D eigenvalue weighted by Crippen LogP contribution is 2.28. The van der Waals surface area contributed by atoms with E-state index in [1.165, 1.54) is 0 Å². The van der Waals surface area contributed by atoms with Crippen LogP contribution in [0.4, 0.5) is 0 Å². The standard InChI is InChI=1S/C23H35N3O4/c1-7-10-17(19(22(29)30)26-18(27)11-8-2)25-21(28)20(24-6)23(4,5)16-13-9-12-15(3)14-16/h9,12-14,20,24H,7-8,10-11H2,1-6H3,(H,25,28)(H,26,27)(H,29,30)/t20-/m1/s1. The van der Waals surface area contributed by atoms with E-state index in [1.54, 1.807) is 7.05 Å². The van der Waals surface area contributed by atoms with Crippen molar-refractivity contribution >= 4 is 17.8 Å². The SMILES string of the molecule is CCCC(=O)NC(C(=O)O)=C(CCC)NC(=O)[C@@H](NC)C(C)(C)c1cccc(C)c1. The molecule has 0 saturated carbocycles. The third-order valence-electron chi connectivity index (χ3n) is 5.07. The fraction of sp³-hybridized carbons (Fsp3) is 0.522. The predicted octanol–water partition coefficient (Wildman–Crippen LogP) is 2.99. The number of aliphatic carboxylic acids is 1. The second-order valence-electron chi connectivity index (χ2n) is 8.01. The van der Waals surface area contributed by atoms with Crippen LogP contribution in [0.2, 0.25) is 0 Å². The zero-order valence-corrected chi connectivity index (χ0v) is 18.9. The first-order valence-corrected chi connectivity index (χ1v) is 10.4. The van der Waals surface area contributed by atoms with E-state index in [-0.39, 0.29) is 29.6 Å². The van der Waals surface area contributed by atoms with Gasteiger partial charge in [0, 0.05) is 17.5 Å². The van der Waals surface area contributed by atoms with E-state index in [0.29, 0.717) is 19.3 Å². The number of carboxylic acids is 1. The van der Waals surface area contributed by atoms with Gasteiger partial charge in [-0.05, 0) is 32.4 Å². The van der Waals surface area contributed by atoms with Crippen molar-refractivity contribution in [2.24, 2.45) is 0 Å². The number of nitrogens with one attached hydrogen (secondary N) is 3. The van der Waals surface area contributed by atoms with Crippen LogP contribution in [-0.2, 0) is 19.8 Å². The Morgan fingerprint density at radius 3 is 2.20 bits per heavy atom. The molecule has 7 nitrogen and oxygen atoms in total. The van der Waals surface area contributed by atoms with E-state index in [4.69, 9.17) is 0 Å². The summed E-state index contributed by atoms with van der Waals surface area (Å²) in [6.07, 6.45) is 1.74. The number of carbonyl (C=O) groups is 3. The molecule has 166 valence electrons. The smallest absolute Gasteiger partial charge is 0.354 e. The molecule has 4 N–H and O–H groups in total. The number of carboxylic acid groups (broad SMARTS) is 1. The van der Waals surface area contributed by atoms with Crippen LogP contribution in [0.3, 0.4) is 0 Å². The molecular formula is C23H35N3O4. The molecule has 7 heteroatoms. The van der Waals surface area contributed by atoms with E-state index >= 15 is 0 Å². The number of likely N-dealkylation sites (N-methyl/N-ethyl adjacent to an activating group) is 1. The summed E-state index contributed by atoms with van der Waals surface area (Å²) in [5.41, 5.74) is 1.46. The van der Waals surface area contributed by atoms with Gasteiger partial charge < -0.3 is 21.1 Å². The molecule has 30 heavy (non-hydrogen) atoms. The fourth-order valence-corrected chi connectivity index (χ4v) is 3.44. The van der Waals surface area contributed by atoms with Gasteiger partial charge in [0.05, 0.1) is 6.04 Å². The lowest BCUT2D eigenvalue weighted by Crippen LogP contribution is -2.53. The lowest BCUT2D eigenvalue weighted by Gasteiger charge is -2.34. The topological polar surface area (TPSA) is 108 Å². The van der Waals surface area contributed by atoms with E-state index in [0.717, 1.165) is 11.1 Å². The zero-order valence-electron chi connectivity index (χ0n) is 18.9. The number of aryl methyl sites for hydroxylation is 1. The fourth-order valence-electron chi connectivity index (χ4n) is 3.44. The summed E-state index contributed by atoms with van der Waals surface area (Å²) in [7, 11) is 1.70. The summed E-state index contributed by atoms with van der Waals surface area (Å²) in [6, 6.07) is 7.33. The largest absolute Gasteiger partial charge is 0.477 e. The minimum Gasteiger partial charge on any atom is -0.477 e. The summed E-state index contributed by atoms with van der Waals surface area (Å²) < 4.78 is 0. The molecule has 0 aliphatic heterocycles. The third-order valence-corrected chi connectivity index (χ3v) is 5.07. The van der Waals surface area contributed by atoms with Gasteiger partial charge in [-0.3, -0.25) is 9.59 Å². The minimum absolute atomic E-state index is 0.208. The van der Waals surface area contributed by atoms with Crippen LogP contribution in [0.15, 0.2) is 35.7 Å². The number of allylic oxidation sites excluding steroid dienone is 1. The van der Waals surface area contributed by atoms with Gasteiger partial charge in [0.2, 0.25) is 11.8 Å². The summed E-state index contributed by atoms with van der Waals surface area (Å²) in [4.78, 5) is 37.0. The van der Waals surface area contributed by atoms with Crippen LogP contribution < -0.4 is 16.0 Å². The van der Waals surface area contributed by atoms with Crippen LogP contribution in [0.25, 0.3) is 0 Å². The van der Waals surface area contributed by atoms with Crippen LogP contribution in [-0.4, -0.2) is 36.0 Å².